The molecule has 2 aromatic carbocycles. The highest BCUT2D eigenvalue weighted by atomic mass is 79.9. The van der Waals surface area contributed by atoms with Gasteiger partial charge in [0.05, 0.1) is 0 Å². The Bertz CT molecular complexity index is 609. The van der Waals surface area contributed by atoms with Gasteiger partial charge in [0.15, 0.2) is 0 Å². The van der Waals surface area contributed by atoms with E-state index in [9.17, 15) is 4.39 Å². The predicted molar refractivity (Wildman–Crippen MR) is 88.1 cm³/mol. The van der Waals surface area contributed by atoms with E-state index in [4.69, 9.17) is 0 Å². The number of aryl methyl sites for hydroxylation is 1. The Balaban J connectivity index is 1.51. The lowest BCUT2D eigenvalue weighted by Crippen LogP contribution is -2.35. The van der Waals surface area contributed by atoms with Gasteiger partial charge in [0.25, 0.3) is 0 Å². The highest BCUT2D eigenvalue weighted by Crippen LogP contribution is 2.24. The number of fused-ring (bicyclic) bond motifs is 1. The van der Waals surface area contributed by atoms with Crippen molar-refractivity contribution >= 4 is 15.9 Å². The van der Waals surface area contributed by atoms with Gasteiger partial charge < -0.3 is 5.32 Å². The van der Waals surface area contributed by atoms with Crippen LogP contribution >= 0.6 is 15.9 Å². The Kier molecular flexibility index (Phi) is 4.71. The SMILES string of the molecule is Fc1ccc(CCNC2CCc3cc(Br)ccc3C2)cc1. The monoisotopic (exact) mass is 347 g/mol. The Morgan fingerprint density at radius 1 is 1.10 bits per heavy atom. The summed E-state index contributed by atoms with van der Waals surface area (Å²) < 4.78 is 14.0. The molecule has 0 heterocycles. The van der Waals surface area contributed by atoms with Crippen LogP contribution in [0.25, 0.3) is 0 Å². The summed E-state index contributed by atoms with van der Waals surface area (Å²) in [5, 5.41) is 3.63. The van der Waals surface area contributed by atoms with Crippen LogP contribution < -0.4 is 5.32 Å². The molecule has 1 atom stereocenters. The lowest BCUT2D eigenvalue weighted by molar-refractivity contribution is 0.461. The van der Waals surface area contributed by atoms with E-state index in [2.05, 4.69) is 39.4 Å². The molecule has 3 heteroatoms. The van der Waals surface area contributed by atoms with Crippen LogP contribution in [0.15, 0.2) is 46.9 Å². The zero-order chi connectivity index (χ0) is 14.7. The van der Waals surface area contributed by atoms with E-state index in [1.165, 1.54) is 39.7 Å². The topological polar surface area (TPSA) is 12.0 Å². The van der Waals surface area contributed by atoms with Crippen molar-refractivity contribution in [3.8, 4) is 0 Å². The highest BCUT2D eigenvalue weighted by molar-refractivity contribution is 9.10. The van der Waals surface area contributed by atoms with Crippen molar-refractivity contribution in [1.82, 2.24) is 5.32 Å². The van der Waals surface area contributed by atoms with Crippen LogP contribution in [-0.4, -0.2) is 12.6 Å². The number of nitrogens with one attached hydrogen (secondary N) is 1. The summed E-state index contributed by atoms with van der Waals surface area (Å²) in [4.78, 5) is 0. The van der Waals surface area contributed by atoms with Crippen molar-refractivity contribution in [1.29, 1.82) is 0 Å². The van der Waals surface area contributed by atoms with Gasteiger partial charge in [-0.1, -0.05) is 34.1 Å². The average Bonchev–Trinajstić information content (AvgIpc) is 2.49. The molecule has 0 aliphatic heterocycles. The Hall–Kier alpha value is -1.19. The van der Waals surface area contributed by atoms with Gasteiger partial charge in [-0.2, -0.15) is 0 Å². The van der Waals surface area contributed by atoms with Gasteiger partial charge in [0.1, 0.15) is 5.82 Å². The number of hydrogen-bond donors (Lipinski definition) is 1. The minimum atomic E-state index is -0.165. The van der Waals surface area contributed by atoms with E-state index in [0.717, 1.165) is 25.8 Å². The zero-order valence-electron chi connectivity index (χ0n) is 11.9. The van der Waals surface area contributed by atoms with Crippen molar-refractivity contribution in [2.75, 3.05) is 6.54 Å². The largest absolute Gasteiger partial charge is 0.313 e. The van der Waals surface area contributed by atoms with Crippen LogP contribution in [0.1, 0.15) is 23.1 Å². The smallest absolute Gasteiger partial charge is 0.123 e. The van der Waals surface area contributed by atoms with E-state index in [0.29, 0.717) is 6.04 Å². The summed E-state index contributed by atoms with van der Waals surface area (Å²) in [5.74, 6) is -0.165. The third-order valence-electron chi connectivity index (χ3n) is 4.16. The minimum absolute atomic E-state index is 0.165. The van der Waals surface area contributed by atoms with Crippen LogP contribution in [0.4, 0.5) is 4.39 Å². The molecule has 1 unspecified atom stereocenters. The van der Waals surface area contributed by atoms with Crippen molar-refractivity contribution in [3.05, 3.63) is 69.4 Å². The molecule has 1 nitrogen and oxygen atoms in total. The summed E-state index contributed by atoms with van der Waals surface area (Å²) in [7, 11) is 0. The van der Waals surface area contributed by atoms with Crippen LogP contribution in [0.5, 0.6) is 0 Å². The quantitative estimate of drug-likeness (QED) is 0.870. The molecule has 0 fully saturated rings. The van der Waals surface area contributed by atoms with Crippen LogP contribution in [-0.2, 0) is 19.3 Å². The first-order valence-corrected chi connectivity index (χ1v) is 8.25. The second-order valence-electron chi connectivity index (χ2n) is 5.68. The van der Waals surface area contributed by atoms with Crippen LogP contribution in [0.2, 0.25) is 0 Å². The van der Waals surface area contributed by atoms with E-state index in [1.807, 2.05) is 12.1 Å². The molecule has 1 N–H and O–H groups in total. The fourth-order valence-electron chi connectivity index (χ4n) is 2.97. The summed E-state index contributed by atoms with van der Waals surface area (Å²) in [6.07, 6.45) is 4.38. The molecule has 0 bridgehead atoms. The summed E-state index contributed by atoms with van der Waals surface area (Å²) in [6, 6.07) is 13.9. The normalized spacial score (nSPS) is 17.5. The first-order valence-electron chi connectivity index (χ1n) is 7.46. The lowest BCUT2D eigenvalue weighted by Gasteiger charge is -2.26. The fraction of sp³-hybridized carbons (Fsp3) is 0.333. The maximum absolute atomic E-state index is 12.8. The molecule has 110 valence electrons. The summed E-state index contributed by atoms with van der Waals surface area (Å²) in [6.45, 7) is 0.947. The van der Waals surface area contributed by atoms with Gasteiger partial charge in [0, 0.05) is 10.5 Å². The summed E-state index contributed by atoms with van der Waals surface area (Å²) >= 11 is 3.54. The zero-order valence-corrected chi connectivity index (χ0v) is 13.5. The van der Waals surface area contributed by atoms with E-state index >= 15 is 0 Å². The lowest BCUT2D eigenvalue weighted by atomic mass is 9.88. The Morgan fingerprint density at radius 3 is 2.71 bits per heavy atom. The number of hydrogen-bond acceptors (Lipinski definition) is 1. The molecule has 0 amide bonds. The molecule has 1 aliphatic carbocycles. The van der Waals surface area contributed by atoms with Gasteiger partial charge in [0.2, 0.25) is 0 Å². The van der Waals surface area contributed by atoms with Crippen molar-refractivity contribution in [3.63, 3.8) is 0 Å². The fourth-order valence-corrected chi connectivity index (χ4v) is 3.38. The van der Waals surface area contributed by atoms with Gasteiger partial charge in [-0.3, -0.25) is 0 Å². The molecule has 3 rings (SSSR count). The summed E-state index contributed by atoms with van der Waals surface area (Å²) in [5.41, 5.74) is 4.12. The molecular weight excluding hydrogens is 329 g/mol. The third kappa shape index (κ3) is 3.92. The van der Waals surface area contributed by atoms with E-state index in [-0.39, 0.29) is 5.82 Å². The third-order valence-corrected chi connectivity index (χ3v) is 4.65. The number of benzene rings is 2. The number of halogens is 2. The molecule has 0 spiro atoms. The molecule has 2 aromatic rings. The van der Waals surface area contributed by atoms with E-state index in [1.54, 1.807) is 0 Å². The molecule has 0 saturated carbocycles. The standard InChI is InChI=1S/C18H19BrFN/c19-16-5-3-15-12-18(8-4-14(15)11-16)21-10-9-13-1-6-17(20)7-2-13/h1-3,5-7,11,18,21H,4,8-10,12H2. The molecular formula is C18H19BrFN. The van der Waals surface area contributed by atoms with Crippen molar-refractivity contribution in [2.24, 2.45) is 0 Å². The maximum Gasteiger partial charge on any atom is 0.123 e. The van der Waals surface area contributed by atoms with Gasteiger partial charge in [-0.05, 0) is 73.2 Å². The van der Waals surface area contributed by atoms with Crippen molar-refractivity contribution in [2.45, 2.75) is 31.7 Å². The second kappa shape index (κ2) is 6.71. The molecule has 0 aromatic heterocycles. The first-order chi connectivity index (χ1) is 10.2. The first kappa shape index (κ1) is 14.7. The maximum atomic E-state index is 12.8. The van der Waals surface area contributed by atoms with Crippen molar-refractivity contribution < 1.29 is 4.39 Å². The van der Waals surface area contributed by atoms with Gasteiger partial charge in [-0.15, -0.1) is 0 Å². The molecule has 21 heavy (non-hydrogen) atoms. The Morgan fingerprint density at radius 2 is 1.90 bits per heavy atom. The average molecular weight is 348 g/mol. The molecule has 0 saturated heterocycles. The van der Waals surface area contributed by atoms with Gasteiger partial charge >= 0.3 is 0 Å². The highest BCUT2D eigenvalue weighted by Gasteiger charge is 2.17. The van der Waals surface area contributed by atoms with Gasteiger partial charge in [-0.25, -0.2) is 4.39 Å². The number of rotatable bonds is 4. The van der Waals surface area contributed by atoms with Crippen LogP contribution in [0.3, 0.4) is 0 Å². The second-order valence-corrected chi connectivity index (χ2v) is 6.60. The minimum Gasteiger partial charge on any atom is -0.313 e. The van der Waals surface area contributed by atoms with Crippen LogP contribution in [0, 0.1) is 5.82 Å². The predicted octanol–water partition coefficient (Wildman–Crippen LogP) is 4.28. The molecule has 1 aliphatic rings. The van der Waals surface area contributed by atoms with E-state index < -0.39 is 0 Å². The molecule has 0 radical (unpaired) electrons. The Labute approximate surface area is 133 Å².